The Bertz CT molecular complexity index is 1320. The lowest BCUT2D eigenvalue weighted by atomic mass is 9.96. The number of likely N-dealkylation sites (tertiary alicyclic amines) is 1. The monoisotopic (exact) mass is 487 g/mol. The summed E-state index contributed by atoms with van der Waals surface area (Å²) in [6.07, 6.45) is 0.495. The predicted octanol–water partition coefficient (Wildman–Crippen LogP) is 4.45. The van der Waals surface area contributed by atoms with Crippen molar-refractivity contribution >= 4 is 28.3 Å². The smallest absolute Gasteiger partial charge is 0.290 e. The van der Waals surface area contributed by atoms with Crippen LogP contribution in [0.3, 0.4) is 0 Å². The fourth-order valence-electron chi connectivity index (χ4n) is 4.38. The maximum Gasteiger partial charge on any atom is 0.290 e. The van der Waals surface area contributed by atoms with Gasteiger partial charge >= 0.3 is 0 Å². The molecule has 1 saturated heterocycles. The molecule has 2 aromatic carbocycles. The average molecular weight is 488 g/mol. The summed E-state index contributed by atoms with van der Waals surface area (Å²) in [6, 6.07) is 21.8. The van der Waals surface area contributed by atoms with E-state index in [0.29, 0.717) is 29.4 Å². The Balaban J connectivity index is 1.42. The highest BCUT2D eigenvalue weighted by molar-refractivity contribution is 7.10. The van der Waals surface area contributed by atoms with Gasteiger partial charge in [-0.3, -0.25) is 9.59 Å². The number of anilines is 1. The van der Waals surface area contributed by atoms with Gasteiger partial charge in [-0.2, -0.15) is 0 Å². The Morgan fingerprint density at radius 1 is 1.09 bits per heavy atom. The van der Waals surface area contributed by atoms with Crippen LogP contribution in [0.5, 0.6) is 0 Å². The molecule has 8 nitrogen and oxygen atoms in total. The first kappa shape index (κ1) is 22.9. The zero-order chi connectivity index (χ0) is 24.4. The number of carbonyl (C=O) groups is 2. The molecule has 0 spiro atoms. The lowest BCUT2D eigenvalue weighted by molar-refractivity contribution is -0.119. The van der Waals surface area contributed by atoms with E-state index in [4.69, 9.17) is 10.2 Å². The number of benzene rings is 2. The van der Waals surface area contributed by atoms with E-state index in [2.05, 4.69) is 14.9 Å². The van der Waals surface area contributed by atoms with E-state index in [1.807, 2.05) is 60.7 Å². The number of hydrogen-bond acceptors (Lipinski definition) is 7. The maximum absolute atomic E-state index is 13.5. The molecule has 0 radical (unpaired) electrons. The molecule has 2 aromatic heterocycles. The molecule has 1 fully saturated rings. The van der Waals surface area contributed by atoms with E-state index in [1.165, 1.54) is 0 Å². The second-order valence-electron chi connectivity index (χ2n) is 8.61. The molecular weight excluding hydrogens is 462 g/mol. The van der Waals surface area contributed by atoms with Gasteiger partial charge in [-0.1, -0.05) is 65.2 Å². The van der Waals surface area contributed by atoms with Crippen LogP contribution in [0.4, 0.5) is 5.00 Å². The fourth-order valence-corrected chi connectivity index (χ4v) is 4.98. The van der Waals surface area contributed by atoms with Crippen molar-refractivity contribution in [1.82, 2.24) is 14.5 Å². The van der Waals surface area contributed by atoms with Crippen LogP contribution in [-0.2, 0) is 4.79 Å². The van der Waals surface area contributed by atoms with Gasteiger partial charge in [0.25, 0.3) is 5.91 Å². The number of nitrogens with zero attached hydrogens (tertiary/aromatic N) is 3. The van der Waals surface area contributed by atoms with Gasteiger partial charge in [0, 0.05) is 29.6 Å². The fraction of sp³-hybridized carbons (Fsp3) is 0.231. The highest BCUT2D eigenvalue weighted by Crippen LogP contribution is 2.35. The quantitative estimate of drug-likeness (QED) is 0.415. The molecule has 3 N–H and O–H groups in total. The second-order valence-corrected chi connectivity index (χ2v) is 9.37. The minimum Gasteiger partial charge on any atom is -0.454 e. The number of furan rings is 1. The molecule has 5 rings (SSSR count). The predicted molar refractivity (Wildman–Crippen MR) is 134 cm³/mol. The summed E-state index contributed by atoms with van der Waals surface area (Å²) in [5, 5.41) is 7.72. The molecule has 4 aromatic rings. The third-order valence-corrected chi connectivity index (χ3v) is 6.84. The number of rotatable bonds is 6. The lowest BCUT2D eigenvalue weighted by Crippen LogP contribution is -2.43. The van der Waals surface area contributed by atoms with Gasteiger partial charge in [0.05, 0.1) is 6.04 Å². The van der Waals surface area contributed by atoms with Gasteiger partial charge in [0.2, 0.25) is 5.91 Å². The third kappa shape index (κ3) is 4.73. The summed E-state index contributed by atoms with van der Waals surface area (Å²) in [4.78, 5) is 28.6. The van der Waals surface area contributed by atoms with Gasteiger partial charge in [0.1, 0.15) is 22.5 Å². The summed E-state index contributed by atoms with van der Waals surface area (Å²) in [5.41, 5.74) is 8.44. The first-order valence-electron chi connectivity index (χ1n) is 11.4. The number of amides is 2. The van der Waals surface area contributed by atoms with Gasteiger partial charge < -0.3 is 20.4 Å². The molecule has 0 aliphatic carbocycles. The van der Waals surface area contributed by atoms with Crippen LogP contribution in [0.25, 0.3) is 11.3 Å². The van der Waals surface area contributed by atoms with Crippen molar-refractivity contribution in [1.29, 1.82) is 0 Å². The molecule has 1 aliphatic rings. The Hall–Kier alpha value is -3.82. The topological polar surface area (TPSA) is 114 Å². The standard InChI is InChI=1S/C26H25N5O3S/c1-16(27)21-12-13-22(34-21)26(33)31-15-19(17-8-4-2-5-9-17)14-20(31)24(32)28-25-23(29-30-35-25)18-10-6-3-7-11-18/h2-13,16,19-20H,14-15,27H2,1H3,(H,28,32)/t16-,19-,20-/m0/s1. The third-order valence-electron chi connectivity index (χ3n) is 6.19. The summed E-state index contributed by atoms with van der Waals surface area (Å²) >= 11 is 1.11. The Labute approximate surface area is 206 Å². The highest BCUT2D eigenvalue weighted by atomic mass is 32.1. The van der Waals surface area contributed by atoms with Crippen molar-refractivity contribution in [3.05, 3.63) is 89.9 Å². The minimum atomic E-state index is -0.678. The van der Waals surface area contributed by atoms with Crippen molar-refractivity contribution in [2.24, 2.45) is 5.73 Å². The molecule has 35 heavy (non-hydrogen) atoms. The molecule has 9 heteroatoms. The van der Waals surface area contributed by atoms with Crippen LogP contribution >= 0.6 is 11.5 Å². The van der Waals surface area contributed by atoms with Crippen LogP contribution in [0.1, 0.15) is 47.2 Å². The number of carbonyl (C=O) groups excluding carboxylic acids is 2. The number of nitrogens with one attached hydrogen (secondary N) is 1. The second kappa shape index (κ2) is 9.81. The lowest BCUT2D eigenvalue weighted by Gasteiger charge is -2.22. The van der Waals surface area contributed by atoms with E-state index < -0.39 is 6.04 Å². The van der Waals surface area contributed by atoms with Gasteiger partial charge in [-0.15, -0.1) is 5.10 Å². The van der Waals surface area contributed by atoms with Crippen LogP contribution in [0, 0.1) is 0 Å². The molecule has 0 saturated carbocycles. The first-order valence-corrected chi connectivity index (χ1v) is 12.2. The molecule has 0 unspecified atom stereocenters. The highest BCUT2D eigenvalue weighted by Gasteiger charge is 2.41. The molecule has 0 bridgehead atoms. The van der Waals surface area contributed by atoms with E-state index in [0.717, 1.165) is 22.7 Å². The van der Waals surface area contributed by atoms with Crippen LogP contribution in [0.15, 0.2) is 77.2 Å². The SMILES string of the molecule is C[C@H](N)c1ccc(C(=O)N2C[C@@H](c3ccccc3)C[C@H]2C(=O)Nc2snnc2-c2ccccc2)o1. The number of aromatic nitrogens is 2. The molecule has 178 valence electrons. The number of nitrogens with two attached hydrogens (primary N) is 1. The van der Waals surface area contributed by atoms with Gasteiger partial charge in [-0.05, 0) is 31.0 Å². The van der Waals surface area contributed by atoms with E-state index in [9.17, 15) is 9.59 Å². The largest absolute Gasteiger partial charge is 0.454 e. The molecule has 2 amide bonds. The van der Waals surface area contributed by atoms with Gasteiger partial charge in [-0.25, -0.2) is 0 Å². The summed E-state index contributed by atoms with van der Waals surface area (Å²) in [5.74, 6) is 0.108. The summed E-state index contributed by atoms with van der Waals surface area (Å²) in [6.45, 7) is 2.19. The van der Waals surface area contributed by atoms with E-state index >= 15 is 0 Å². The van der Waals surface area contributed by atoms with Crippen LogP contribution in [0.2, 0.25) is 0 Å². The van der Waals surface area contributed by atoms with Crippen molar-refractivity contribution in [3.8, 4) is 11.3 Å². The molecule has 3 heterocycles. The zero-order valence-corrected chi connectivity index (χ0v) is 19.9. The Morgan fingerprint density at radius 2 is 1.80 bits per heavy atom. The van der Waals surface area contributed by atoms with Crippen molar-refractivity contribution in [2.75, 3.05) is 11.9 Å². The Morgan fingerprint density at radius 3 is 2.49 bits per heavy atom. The van der Waals surface area contributed by atoms with E-state index in [1.54, 1.807) is 24.0 Å². The van der Waals surface area contributed by atoms with Crippen molar-refractivity contribution in [3.63, 3.8) is 0 Å². The summed E-state index contributed by atoms with van der Waals surface area (Å²) < 4.78 is 9.74. The first-order chi connectivity index (χ1) is 17.0. The minimum absolute atomic E-state index is 0.0203. The Kier molecular flexibility index (Phi) is 6.43. The number of hydrogen-bond donors (Lipinski definition) is 2. The maximum atomic E-state index is 13.5. The average Bonchev–Trinajstić information content (AvgIpc) is 3.64. The molecule has 1 aliphatic heterocycles. The van der Waals surface area contributed by atoms with Crippen LogP contribution < -0.4 is 11.1 Å². The van der Waals surface area contributed by atoms with Gasteiger partial charge in [0.15, 0.2) is 5.76 Å². The van der Waals surface area contributed by atoms with Crippen molar-refractivity contribution < 1.29 is 14.0 Å². The zero-order valence-electron chi connectivity index (χ0n) is 19.1. The van der Waals surface area contributed by atoms with Crippen molar-refractivity contribution in [2.45, 2.75) is 31.3 Å². The molecule has 3 atom stereocenters. The van der Waals surface area contributed by atoms with E-state index in [-0.39, 0.29) is 29.5 Å². The summed E-state index contributed by atoms with van der Waals surface area (Å²) in [7, 11) is 0. The van der Waals surface area contributed by atoms with Crippen LogP contribution in [-0.4, -0.2) is 38.9 Å². The normalized spacial score (nSPS) is 18.4. The molecular formula is C26H25N5O3S.